The van der Waals surface area contributed by atoms with Crippen molar-refractivity contribution in [2.45, 2.75) is 13.8 Å². The Kier molecular flexibility index (Phi) is 7.21. The van der Waals surface area contributed by atoms with E-state index in [4.69, 9.17) is 4.74 Å². The second kappa shape index (κ2) is 9.39. The summed E-state index contributed by atoms with van der Waals surface area (Å²) in [7, 11) is 0. The van der Waals surface area contributed by atoms with Crippen LogP contribution in [0, 0.1) is 13.8 Å². The lowest BCUT2D eigenvalue weighted by atomic mass is 10.2. The molecule has 5 nitrogen and oxygen atoms in total. The number of hydrogen-bond acceptors (Lipinski definition) is 6. The Bertz CT molecular complexity index is 753. The van der Waals surface area contributed by atoms with Crippen molar-refractivity contribution in [3.05, 3.63) is 51.7 Å². The van der Waals surface area contributed by atoms with Gasteiger partial charge in [-0.25, -0.2) is 0 Å². The first-order valence-corrected chi connectivity index (χ1v) is 9.60. The number of nitrogens with one attached hydrogen (secondary N) is 1. The van der Waals surface area contributed by atoms with Crippen LogP contribution in [0.2, 0.25) is 0 Å². The molecule has 0 aliphatic rings. The van der Waals surface area contributed by atoms with Gasteiger partial charge in [0.05, 0.1) is 16.4 Å². The second-order valence-corrected chi connectivity index (χ2v) is 7.67. The lowest BCUT2D eigenvalue weighted by Gasteiger charge is -2.06. The van der Waals surface area contributed by atoms with Crippen molar-refractivity contribution in [3.8, 4) is 0 Å². The van der Waals surface area contributed by atoms with Crippen molar-refractivity contribution in [2.24, 2.45) is 0 Å². The highest BCUT2D eigenvalue weighted by Gasteiger charge is 2.12. The van der Waals surface area contributed by atoms with Crippen LogP contribution in [0.3, 0.4) is 0 Å². The summed E-state index contributed by atoms with van der Waals surface area (Å²) in [6, 6.07) is 11.0. The molecule has 0 saturated heterocycles. The lowest BCUT2D eigenvalue weighted by Crippen LogP contribution is -2.18. The Labute approximate surface area is 154 Å². The monoisotopic (exact) mass is 377 g/mol. The zero-order chi connectivity index (χ0) is 18.2. The molecule has 1 N–H and O–H groups in total. The molecule has 0 fully saturated rings. The molecule has 1 amide bonds. The van der Waals surface area contributed by atoms with Crippen LogP contribution < -0.4 is 5.32 Å². The van der Waals surface area contributed by atoms with Crippen LogP contribution in [-0.4, -0.2) is 35.8 Å². The van der Waals surface area contributed by atoms with Gasteiger partial charge in [0, 0.05) is 10.6 Å². The Balaban J connectivity index is 1.63. The Morgan fingerprint density at radius 3 is 2.40 bits per heavy atom. The molecule has 0 spiro atoms. The van der Waals surface area contributed by atoms with Crippen LogP contribution >= 0.6 is 23.1 Å². The highest BCUT2D eigenvalue weighted by molar-refractivity contribution is 8.00. The number of Topliss-reactive ketones (excluding diaryl/α,β-unsaturated/α-hetero) is 1. The second-order valence-electron chi connectivity index (χ2n) is 5.40. The average molecular weight is 377 g/mol. The van der Waals surface area contributed by atoms with Crippen molar-refractivity contribution >= 4 is 46.4 Å². The predicted octanol–water partition coefficient (Wildman–Crippen LogP) is 3.46. The first-order chi connectivity index (χ1) is 11.9. The number of ketones is 1. The summed E-state index contributed by atoms with van der Waals surface area (Å²) in [6.07, 6.45) is 0. The lowest BCUT2D eigenvalue weighted by molar-refractivity contribution is -0.139. The van der Waals surface area contributed by atoms with E-state index in [0.717, 1.165) is 27.9 Å². The van der Waals surface area contributed by atoms with Crippen LogP contribution in [0.5, 0.6) is 0 Å². The van der Waals surface area contributed by atoms with Gasteiger partial charge in [-0.2, -0.15) is 0 Å². The topological polar surface area (TPSA) is 72.5 Å². The highest BCUT2D eigenvalue weighted by Crippen LogP contribution is 2.15. The first-order valence-electron chi connectivity index (χ1n) is 7.63. The number of amides is 1. The number of carbonyl (C=O) groups excluding carboxylic acids is 3. The van der Waals surface area contributed by atoms with E-state index in [9.17, 15) is 14.4 Å². The number of aryl methyl sites for hydroxylation is 2. The molecule has 0 atom stereocenters. The van der Waals surface area contributed by atoms with Gasteiger partial charge in [0.1, 0.15) is 0 Å². The minimum absolute atomic E-state index is 0.0259. The van der Waals surface area contributed by atoms with Gasteiger partial charge in [0.25, 0.3) is 0 Å². The summed E-state index contributed by atoms with van der Waals surface area (Å²) in [6.45, 7) is 3.61. The molecule has 2 aromatic rings. The fraction of sp³-hybridized carbons (Fsp3) is 0.278. The number of ether oxygens (including phenoxy) is 1. The summed E-state index contributed by atoms with van der Waals surface area (Å²) >= 11 is 2.52. The summed E-state index contributed by atoms with van der Waals surface area (Å²) in [4.78, 5) is 36.9. The van der Waals surface area contributed by atoms with Crippen LogP contribution in [0.1, 0.15) is 20.1 Å². The molecule has 1 aromatic carbocycles. The zero-order valence-corrected chi connectivity index (χ0v) is 15.7. The van der Waals surface area contributed by atoms with Gasteiger partial charge in [0.2, 0.25) is 11.7 Å². The Morgan fingerprint density at radius 2 is 1.76 bits per heavy atom. The molecule has 1 aromatic heterocycles. The number of benzene rings is 1. The molecular formula is C18H19NO4S2. The molecular weight excluding hydrogens is 358 g/mol. The fourth-order valence-corrected chi connectivity index (χ4v) is 3.31. The Morgan fingerprint density at radius 1 is 1.04 bits per heavy atom. The third-order valence-corrected chi connectivity index (χ3v) is 5.12. The maximum absolute atomic E-state index is 11.8. The van der Waals surface area contributed by atoms with E-state index in [-0.39, 0.29) is 29.8 Å². The van der Waals surface area contributed by atoms with Gasteiger partial charge in [-0.15, -0.1) is 23.1 Å². The van der Waals surface area contributed by atoms with Crippen LogP contribution in [0.4, 0.5) is 5.69 Å². The van der Waals surface area contributed by atoms with E-state index < -0.39 is 5.97 Å². The van der Waals surface area contributed by atoms with Gasteiger partial charge in [-0.3, -0.25) is 14.4 Å². The van der Waals surface area contributed by atoms with Gasteiger partial charge in [0.15, 0.2) is 6.61 Å². The van der Waals surface area contributed by atoms with E-state index in [1.165, 1.54) is 11.3 Å². The molecule has 2 rings (SSSR count). The zero-order valence-electron chi connectivity index (χ0n) is 14.0. The van der Waals surface area contributed by atoms with Crippen molar-refractivity contribution in [1.29, 1.82) is 0 Å². The summed E-state index contributed by atoms with van der Waals surface area (Å²) < 4.78 is 4.95. The maximum atomic E-state index is 11.8. The predicted molar refractivity (Wildman–Crippen MR) is 101 cm³/mol. The van der Waals surface area contributed by atoms with Crippen molar-refractivity contribution < 1.29 is 19.1 Å². The fourth-order valence-electron chi connectivity index (χ4n) is 1.90. The molecule has 25 heavy (non-hydrogen) atoms. The van der Waals surface area contributed by atoms with E-state index in [1.807, 2.05) is 44.2 Å². The molecule has 132 valence electrons. The van der Waals surface area contributed by atoms with Crippen molar-refractivity contribution in [2.75, 3.05) is 23.4 Å². The first kappa shape index (κ1) is 19.2. The van der Waals surface area contributed by atoms with Crippen molar-refractivity contribution in [1.82, 2.24) is 0 Å². The molecule has 1 heterocycles. The van der Waals surface area contributed by atoms with Crippen LogP contribution in [0.25, 0.3) is 0 Å². The van der Waals surface area contributed by atoms with E-state index >= 15 is 0 Å². The SMILES string of the molecule is Cc1ccc(NC(=O)CSCC(=O)OCC(=O)c2ccc(C)s2)cc1. The molecule has 0 aliphatic carbocycles. The van der Waals surface area contributed by atoms with E-state index in [1.54, 1.807) is 6.07 Å². The smallest absolute Gasteiger partial charge is 0.316 e. The molecule has 0 aliphatic heterocycles. The number of anilines is 1. The largest absolute Gasteiger partial charge is 0.457 e. The van der Waals surface area contributed by atoms with Gasteiger partial charge < -0.3 is 10.1 Å². The van der Waals surface area contributed by atoms with Crippen LogP contribution in [-0.2, 0) is 14.3 Å². The average Bonchev–Trinajstić information content (AvgIpc) is 3.01. The summed E-state index contributed by atoms with van der Waals surface area (Å²) in [5, 5.41) is 2.75. The Hall–Kier alpha value is -2.12. The quantitative estimate of drug-likeness (QED) is 0.563. The van der Waals surface area contributed by atoms with Gasteiger partial charge in [-0.1, -0.05) is 17.7 Å². The van der Waals surface area contributed by atoms with Gasteiger partial charge >= 0.3 is 5.97 Å². The van der Waals surface area contributed by atoms with E-state index in [2.05, 4.69) is 5.32 Å². The third-order valence-electron chi connectivity index (χ3n) is 3.17. The van der Waals surface area contributed by atoms with Gasteiger partial charge in [-0.05, 0) is 38.1 Å². The number of thiophene rings is 1. The molecule has 0 saturated carbocycles. The standard InChI is InChI=1S/C18H19NO4S2/c1-12-3-6-14(7-4-12)19-17(21)10-24-11-18(22)23-9-15(20)16-8-5-13(2)25-16/h3-8H,9-11H2,1-2H3,(H,19,21). The minimum atomic E-state index is -0.505. The summed E-state index contributed by atoms with van der Waals surface area (Å²) in [5.74, 6) is -0.742. The normalized spacial score (nSPS) is 10.3. The number of rotatable bonds is 8. The molecule has 0 unspecified atom stereocenters. The van der Waals surface area contributed by atoms with E-state index in [0.29, 0.717) is 4.88 Å². The summed E-state index contributed by atoms with van der Waals surface area (Å²) in [5.41, 5.74) is 1.83. The number of carbonyl (C=O) groups is 3. The number of esters is 1. The third kappa shape index (κ3) is 6.72. The molecule has 0 bridgehead atoms. The number of hydrogen-bond donors (Lipinski definition) is 1. The molecule has 7 heteroatoms. The maximum Gasteiger partial charge on any atom is 0.316 e. The number of thioether (sulfide) groups is 1. The molecule has 0 radical (unpaired) electrons. The minimum Gasteiger partial charge on any atom is -0.457 e. The van der Waals surface area contributed by atoms with Crippen LogP contribution in [0.15, 0.2) is 36.4 Å². The van der Waals surface area contributed by atoms with Crippen molar-refractivity contribution in [3.63, 3.8) is 0 Å². The highest BCUT2D eigenvalue weighted by atomic mass is 32.2.